The zero-order valence-electron chi connectivity index (χ0n) is 17.7. The first kappa shape index (κ1) is 20.5. The second kappa shape index (κ2) is 8.59. The molecule has 2 atom stereocenters. The molecule has 0 radical (unpaired) electrons. The van der Waals surface area contributed by atoms with E-state index in [1.807, 2.05) is 73.0 Å². The maximum Gasteiger partial charge on any atom is 0.227 e. The monoisotopic (exact) mass is 444 g/mol. The molecule has 162 valence electrons. The zero-order chi connectivity index (χ0) is 22.1. The second-order valence-corrected chi connectivity index (χ2v) is 9.10. The van der Waals surface area contributed by atoms with Gasteiger partial charge in [-0.2, -0.15) is 0 Å². The highest BCUT2D eigenvalue weighted by Gasteiger charge is 2.41. The number of nitrogens with zero attached hydrogens (tertiary/aromatic N) is 2. The second-order valence-electron chi connectivity index (χ2n) is 8.12. The number of carbonyl (C=O) groups excluding carboxylic acids is 2. The molecule has 2 amide bonds. The van der Waals surface area contributed by atoms with Crippen molar-refractivity contribution in [1.82, 2.24) is 15.3 Å². The number of amides is 2. The minimum absolute atomic E-state index is 0.0496. The van der Waals surface area contributed by atoms with E-state index in [4.69, 9.17) is 0 Å². The maximum absolute atomic E-state index is 13.3. The van der Waals surface area contributed by atoms with Crippen LogP contribution in [0.2, 0.25) is 0 Å². The number of carbonyl (C=O) groups is 2. The summed E-state index contributed by atoms with van der Waals surface area (Å²) in [5.74, 6) is 0.369. The van der Waals surface area contributed by atoms with Crippen molar-refractivity contribution >= 4 is 39.9 Å². The minimum Gasteiger partial charge on any atom is -0.349 e. The van der Waals surface area contributed by atoms with Crippen LogP contribution in [0.25, 0.3) is 11.0 Å². The van der Waals surface area contributed by atoms with Gasteiger partial charge in [0.1, 0.15) is 5.82 Å². The Morgan fingerprint density at radius 3 is 2.72 bits per heavy atom. The standard InChI is InChI=1S/C25H24N4O2S/c1-16-8-10-17(11-9-16)29-23(30)13-12-18(24(29)21-7-4-14-32-21)25(31)26-15-22-27-19-5-2-3-6-20(19)28-22/h2-11,14,18,24H,12-13,15H2,1H3,(H,26,31)(H,27,28). The Morgan fingerprint density at radius 1 is 1.16 bits per heavy atom. The molecule has 2 N–H and O–H groups in total. The van der Waals surface area contributed by atoms with Crippen LogP contribution >= 0.6 is 11.3 Å². The first-order valence-corrected chi connectivity index (χ1v) is 11.6. The molecule has 32 heavy (non-hydrogen) atoms. The van der Waals surface area contributed by atoms with Gasteiger partial charge in [0.05, 0.1) is 29.5 Å². The number of benzene rings is 2. The number of rotatable bonds is 5. The molecule has 7 heteroatoms. The lowest BCUT2D eigenvalue weighted by molar-refractivity contribution is -0.129. The van der Waals surface area contributed by atoms with Gasteiger partial charge in [0.15, 0.2) is 0 Å². The number of anilines is 1. The predicted octanol–water partition coefficient (Wildman–Crippen LogP) is 4.73. The summed E-state index contributed by atoms with van der Waals surface area (Å²) in [4.78, 5) is 37.0. The number of fused-ring (bicyclic) bond motifs is 1. The molecule has 2 aromatic heterocycles. The Bertz CT molecular complexity index is 1210. The average molecular weight is 445 g/mol. The SMILES string of the molecule is Cc1ccc(N2C(=O)CCC(C(=O)NCc3nc4ccccc4[nH]3)C2c2cccs2)cc1. The fraction of sp³-hybridized carbons (Fsp3) is 0.240. The van der Waals surface area contributed by atoms with Crippen molar-refractivity contribution in [3.8, 4) is 0 Å². The normalized spacial score (nSPS) is 18.8. The number of aromatic nitrogens is 2. The van der Waals surface area contributed by atoms with E-state index in [1.54, 1.807) is 16.2 Å². The molecule has 3 heterocycles. The summed E-state index contributed by atoms with van der Waals surface area (Å²) in [6, 6.07) is 19.4. The number of hydrogen-bond acceptors (Lipinski definition) is 4. The molecule has 4 aromatic rings. The van der Waals surface area contributed by atoms with Crippen LogP contribution in [0.4, 0.5) is 5.69 Å². The summed E-state index contributed by atoms with van der Waals surface area (Å²) in [6.45, 7) is 2.34. The first-order chi connectivity index (χ1) is 15.6. The van der Waals surface area contributed by atoms with Gasteiger partial charge in [0, 0.05) is 17.0 Å². The van der Waals surface area contributed by atoms with Crippen molar-refractivity contribution in [2.24, 2.45) is 5.92 Å². The summed E-state index contributed by atoms with van der Waals surface area (Å²) in [6.07, 6.45) is 0.869. The third-order valence-corrected chi connectivity index (χ3v) is 6.89. The molecule has 1 aliphatic rings. The fourth-order valence-corrected chi connectivity index (χ4v) is 5.23. The highest BCUT2D eigenvalue weighted by molar-refractivity contribution is 7.10. The largest absolute Gasteiger partial charge is 0.349 e. The summed E-state index contributed by atoms with van der Waals surface area (Å²) >= 11 is 1.58. The Morgan fingerprint density at radius 2 is 1.97 bits per heavy atom. The maximum atomic E-state index is 13.3. The molecule has 0 bridgehead atoms. The Balaban J connectivity index is 1.41. The van der Waals surface area contributed by atoms with Gasteiger partial charge in [0.25, 0.3) is 0 Å². The number of piperidine rings is 1. The first-order valence-electron chi connectivity index (χ1n) is 10.7. The number of thiophene rings is 1. The molecule has 1 fully saturated rings. The number of para-hydroxylation sites is 2. The van der Waals surface area contributed by atoms with E-state index < -0.39 is 0 Å². The van der Waals surface area contributed by atoms with Gasteiger partial charge in [-0.25, -0.2) is 4.98 Å². The minimum atomic E-state index is -0.336. The van der Waals surface area contributed by atoms with Gasteiger partial charge in [0.2, 0.25) is 11.8 Å². The van der Waals surface area contributed by atoms with Gasteiger partial charge in [-0.3, -0.25) is 9.59 Å². The highest BCUT2D eigenvalue weighted by Crippen LogP contribution is 2.41. The average Bonchev–Trinajstić information content (AvgIpc) is 3.47. The van der Waals surface area contributed by atoms with Crippen molar-refractivity contribution < 1.29 is 9.59 Å². The topological polar surface area (TPSA) is 78.1 Å². The van der Waals surface area contributed by atoms with E-state index >= 15 is 0 Å². The van der Waals surface area contributed by atoms with Gasteiger partial charge < -0.3 is 15.2 Å². The smallest absolute Gasteiger partial charge is 0.227 e. The van der Waals surface area contributed by atoms with E-state index in [0.717, 1.165) is 33.0 Å². The van der Waals surface area contributed by atoms with Gasteiger partial charge in [-0.1, -0.05) is 35.9 Å². The number of imidazole rings is 1. The Kier molecular flexibility index (Phi) is 5.49. The Labute approximate surface area is 190 Å². The molecule has 1 aliphatic heterocycles. The van der Waals surface area contributed by atoms with Crippen molar-refractivity contribution in [2.45, 2.75) is 32.4 Å². The number of aromatic amines is 1. The number of nitrogens with one attached hydrogen (secondary N) is 2. The molecule has 0 spiro atoms. The van der Waals surface area contributed by atoms with Crippen molar-refractivity contribution in [3.63, 3.8) is 0 Å². The van der Waals surface area contributed by atoms with Crippen molar-refractivity contribution in [2.75, 3.05) is 4.90 Å². The lowest BCUT2D eigenvalue weighted by Crippen LogP contribution is -2.48. The molecule has 6 nitrogen and oxygen atoms in total. The quantitative estimate of drug-likeness (QED) is 0.467. The Hall–Kier alpha value is -3.45. The van der Waals surface area contributed by atoms with E-state index in [-0.39, 0.29) is 23.8 Å². The number of aryl methyl sites for hydroxylation is 1. The van der Waals surface area contributed by atoms with E-state index in [0.29, 0.717) is 19.4 Å². The summed E-state index contributed by atoms with van der Waals surface area (Å²) in [5, 5.41) is 5.04. The lowest BCUT2D eigenvalue weighted by atomic mass is 9.86. The van der Waals surface area contributed by atoms with Crippen molar-refractivity contribution in [1.29, 1.82) is 0 Å². The van der Waals surface area contributed by atoms with Crippen LogP contribution in [0.5, 0.6) is 0 Å². The summed E-state index contributed by atoms with van der Waals surface area (Å²) in [7, 11) is 0. The third-order valence-electron chi connectivity index (χ3n) is 5.95. The van der Waals surface area contributed by atoms with E-state index in [9.17, 15) is 9.59 Å². The predicted molar refractivity (Wildman–Crippen MR) is 126 cm³/mol. The number of hydrogen-bond donors (Lipinski definition) is 2. The summed E-state index contributed by atoms with van der Waals surface area (Å²) in [5.41, 5.74) is 3.78. The summed E-state index contributed by atoms with van der Waals surface area (Å²) < 4.78 is 0. The molecule has 1 saturated heterocycles. The van der Waals surface area contributed by atoms with Crippen LogP contribution in [-0.4, -0.2) is 21.8 Å². The molecule has 2 unspecified atom stereocenters. The van der Waals surface area contributed by atoms with E-state index in [1.165, 1.54) is 0 Å². The molecule has 0 saturated carbocycles. The van der Waals surface area contributed by atoms with Crippen LogP contribution in [-0.2, 0) is 16.1 Å². The van der Waals surface area contributed by atoms with Crippen LogP contribution in [0, 0.1) is 12.8 Å². The molecule has 2 aromatic carbocycles. The number of H-pyrrole nitrogens is 1. The van der Waals surface area contributed by atoms with Crippen LogP contribution in [0.15, 0.2) is 66.0 Å². The molecule has 5 rings (SSSR count). The molecule has 0 aliphatic carbocycles. The van der Waals surface area contributed by atoms with Gasteiger partial charge in [-0.05, 0) is 49.1 Å². The third kappa shape index (κ3) is 3.91. The zero-order valence-corrected chi connectivity index (χ0v) is 18.6. The van der Waals surface area contributed by atoms with Crippen LogP contribution < -0.4 is 10.2 Å². The van der Waals surface area contributed by atoms with Gasteiger partial charge >= 0.3 is 0 Å². The van der Waals surface area contributed by atoms with Crippen LogP contribution in [0.3, 0.4) is 0 Å². The van der Waals surface area contributed by atoms with Crippen LogP contribution in [0.1, 0.15) is 35.1 Å². The lowest BCUT2D eigenvalue weighted by Gasteiger charge is -2.40. The highest BCUT2D eigenvalue weighted by atomic mass is 32.1. The van der Waals surface area contributed by atoms with Gasteiger partial charge in [-0.15, -0.1) is 11.3 Å². The molecular weight excluding hydrogens is 420 g/mol. The van der Waals surface area contributed by atoms with E-state index in [2.05, 4.69) is 15.3 Å². The molecular formula is C25H24N4O2S. The van der Waals surface area contributed by atoms with Crippen molar-refractivity contribution in [3.05, 3.63) is 82.3 Å². The fourth-order valence-electron chi connectivity index (χ4n) is 4.35.